The smallest absolute Gasteiger partial charge is 0.326 e. The van der Waals surface area contributed by atoms with Gasteiger partial charge in [0.25, 0.3) is 0 Å². The number of H-pyrrole nitrogens is 1. The number of aromatic amines is 1. The second-order valence-corrected chi connectivity index (χ2v) is 32.2. The molecule has 1 aliphatic heterocycles. The number of carboxylic acids is 9. The molecule has 1 aromatic heterocycles. The third kappa shape index (κ3) is 39.0. The summed E-state index contributed by atoms with van der Waals surface area (Å²) in [4.78, 5) is 323. The number of aromatic nitrogens is 1. The van der Waals surface area contributed by atoms with Crippen LogP contribution in [0.15, 0.2) is 85.1 Å². The van der Waals surface area contributed by atoms with Crippen LogP contribution in [0.1, 0.15) is 153 Å². The topological polar surface area (TPSA) is 839 Å². The van der Waals surface area contributed by atoms with Gasteiger partial charge < -0.3 is 142 Å². The van der Waals surface area contributed by atoms with Crippen molar-refractivity contribution in [3.8, 4) is 5.75 Å². The molecule has 51 nitrogen and oxygen atoms in total. The molecular formula is C85H111N17O34. The maximum atomic E-state index is 15.0. The number of carboxylic acid groups (broad SMARTS) is 9. The summed E-state index contributed by atoms with van der Waals surface area (Å²) in [5, 5.41) is 127. The predicted molar refractivity (Wildman–Crippen MR) is 464 cm³/mol. The van der Waals surface area contributed by atoms with E-state index in [1.165, 1.54) is 42.6 Å². The molecule has 0 aliphatic carbocycles. The SMILES string of the molecule is CC(C)C[C@H](NC(=O)[C@H](Cc1c[nH]c2ccccc12)NC(=O)[C@H](CCC(=O)O)NC(=O)[C@H](Cc1ccccc1)NC(=O)[C@H](Cc1ccc(O)cc1)NC(=O)[C@H](CC(=O)O)NC(=O)CNC(=O)[C@H](CCC(=O)O)NC(=O)[C@@H]1CCCN1C(=O)[C@H](CCC(=O)O)NC(=O)[C@H](CC(=O)O)NC(=O)[C@H](CCC(=O)O)NC(=O)[C@H](CCC(N)=O)NC(=O)[C@@H](N)CCC(=O)O)C(=O)N[C@@H](CCC(=O)O)C(=O)O. The van der Waals surface area contributed by atoms with Gasteiger partial charge in [-0.2, -0.15) is 0 Å². The summed E-state index contributed by atoms with van der Waals surface area (Å²) < 4.78 is 0. The number of fused-ring (bicyclic) bond motifs is 1. The Kier molecular flexibility index (Phi) is 44.7. The molecule has 1 fully saturated rings. The lowest BCUT2D eigenvalue weighted by Gasteiger charge is -2.30. The quantitative estimate of drug-likeness (QED) is 0.0196. The number of amides is 15. The van der Waals surface area contributed by atoms with E-state index in [1.807, 2.05) is 5.32 Å². The van der Waals surface area contributed by atoms with Crippen molar-refractivity contribution in [2.45, 2.75) is 240 Å². The number of phenols is 1. The number of nitrogens with one attached hydrogen (secondary N) is 14. The number of aromatic hydroxyl groups is 1. The van der Waals surface area contributed by atoms with E-state index in [0.717, 1.165) is 4.90 Å². The van der Waals surface area contributed by atoms with Crippen LogP contribution in [0.3, 0.4) is 0 Å². The first-order valence-electron chi connectivity index (χ1n) is 42.7. The highest BCUT2D eigenvalue weighted by Crippen LogP contribution is 2.24. The number of carbonyl (C=O) groups excluding carboxylic acids is 15. The van der Waals surface area contributed by atoms with Gasteiger partial charge in [0.15, 0.2) is 0 Å². The van der Waals surface area contributed by atoms with Gasteiger partial charge in [0, 0.05) is 87.9 Å². The van der Waals surface area contributed by atoms with E-state index in [9.17, 15) is 161 Å². The summed E-state index contributed by atoms with van der Waals surface area (Å²) in [7, 11) is 0. The van der Waals surface area contributed by atoms with E-state index in [4.69, 9.17) is 16.6 Å². The Morgan fingerprint density at radius 2 is 0.750 bits per heavy atom. The van der Waals surface area contributed by atoms with Crippen LogP contribution in [0, 0.1) is 5.92 Å². The lowest BCUT2D eigenvalue weighted by Crippen LogP contribution is -2.61. The molecule has 2 heterocycles. The third-order valence-corrected chi connectivity index (χ3v) is 21.0. The van der Waals surface area contributed by atoms with Crippen LogP contribution in [0.4, 0.5) is 0 Å². The Hall–Kier alpha value is -15.8. The summed E-state index contributed by atoms with van der Waals surface area (Å²) in [6.07, 6.45) is -13.1. The molecule has 0 saturated carbocycles. The molecule has 1 saturated heterocycles. The van der Waals surface area contributed by atoms with E-state index in [2.05, 4.69) is 68.8 Å². The largest absolute Gasteiger partial charge is 0.508 e. The van der Waals surface area contributed by atoms with E-state index in [-0.39, 0.29) is 49.5 Å². The van der Waals surface area contributed by atoms with Gasteiger partial charge in [-0.3, -0.25) is 110 Å². The Morgan fingerprint density at radius 3 is 1.22 bits per heavy atom. The maximum absolute atomic E-state index is 15.0. The first kappa shape index (κ1) is 111. The van der Waals surface area contributed by atoms with Crippen LogP contribution in [-0.2, 0) is 134 Å². The number of benzene rings is 3. The number of hydrogen-bond donors (Lipinski definition) is 26. The number of aliphatic carboxylic acids is 9. The Balaban J connectivity index is 1.39. The normalized spacial score (nSPS) is 15.0. The molecule has 1 aliphatic rings. The van der Waals surface area contributed by atoms with Crippen molar-refractivity contribution >= 4 is 153 Å². The molecule has 0 unspecified atom stereocenters. The number of rotatable bonds is 61. The minimum absolute atomic E-state index is 0.0420. The van der Waals surface area contributed by atoms with Crippen molar-refractivity contribution in [1.29, 1.82) is 0 Å². The van der Waals surface area contributed by atoms with Gasteiger partial charge in [-0.25, -0.2) is 4.79 Å². The van der Waals surface area contributed by atoms with Crippen molar-refractivity contribution in [2.75, 3.05) is 13.1 Å². The van der Waals surface area contributed by atoms with Crippen molar-refractivity contribution in [1.82, 2.24) is 79.0 Å². The van der Waals surface area contributed by atoms with Crippen LogP contribution in [0.2, 0.25) is 0 Å². The van der Waals surface area contributed by atoms with Crippen LogP contribution in [0.5, 0.6) is 5.75 Å². The lowest BCUT2D eigenvalue weighted by molar-refractivity contribution is -0.145. The van der Waals surface area contributed by atoms with E-state index < -0.39 is 349 Å². The van der Waals surface area contributed by atoms with Crippen molar-refractivity contribution in [2.24, 2.45) is 17.4 Å². The summed E-state index contributed by atoms with van der Waals surface area (Å²) in [5.74, 6) is -33.6. The van der Waals surface area contributed by atoms with E-state index in [1.54, 1.807) is 56.3 Å². The van der Waals surface area contributed by atoms with Gasteiger partial charge in [0.05, 0.1) is 25.4 Å². The standard InChI is InChI=1S/C85H111N17O34/c1-41(2)33-55(77(127)96-54(85(135)136)24-31-69(116)117)97-80(130)58(36-44-39-88-48-12-7-6-11-46(44)48)100-75(125)52(22-29-67(112)113)93-78(128)56(34-42-9-4-3-5-10-42)98-79(129)57(35-43-14-16-45(103)17-15-43)99-81(131)59(37-70(118)119)90-63(105)40-89-73(123)49(20-27-65(108)109)94-83(133)61-13-8-32-102(61)84(134)53(23-30-68(114)115)95-82(132)60(38-71(120)121)101-76(126)51(21-28-66(110)111)92-74(124)50(19-25-62(87)104)91-72(122)47(86)18-26-64(106)107/h3-7,9-12,14-17,39,41,47,49-61,88,103H,8,13,18-38,40,86H2,1-2H3,(H2,87,104)(H,89,123)(H,90,105)(H,91,122)(H,92,124)(H,93,128)(H,94,133)(H,95,132)(H,96,127)(H,97,130)(H,98,129)(H,99,131)(H,100,125)(H,101,126)(H,106,107)(H,108,109)(H,110,111)(H,112,113)(H,114,115)(H,116,117)(H,118,119)(H,120,121)(H,135,136)/t47-,49-,50-,51-,52-,53-,54-,55-,56-,57-,58-,59-,60-,61-/m0/s1. The molecule has 51 heteroatoms. The number of carbonyl (C=O) groups is 24. The Morgan fingerprint density at radius 1 is 0.382 bits per heavy atom. The number of hydrogen-bond acceptors (Lipinski definition) is 26. The first-order valence-corrected chi connectivity index (χ1v) is 42.7. The third-order valence-electron chi connectivity index (χ3n) is 21.0. The van der Waals surface area contributed by atoms with Gasteiger partial charge >= 0.3 is 53.7 Å². The van der Waals surface area contributed by atoms with Crippen molar-refractivity contribution in [3.05, 3.63) is 102 Å². The molecule has 5 rings (SSSR count). The van der Waals surface area contributed by atoms with Gasteiger partial charge in [-0.15, -0.1) is 0 Å². The second kappa shape index (κ2) is 54.9. The van der Waals surface area contributed by atoms with E-state index in [0.29, 0.717) is 22.0 Å². The average molecular weight is 1910 g/mol. The minimum atomic E-state index is -2.27. The highest BCUT2D eigenvalue weighted by atomic mass is 16.4. The summed E-state index contributed by atoms with van der Waals surface area (Å²) >= 11 is 0. The maximum Gasteiger partial charge on any atom is 0.326 e. The predicted octanol–water partition coefficient (Wildman–Crippen LogP) is -5.31. The minimum Gasteiger partial charge on any atom is -0.508 e. The zero-order valence-corrected chi connectivity index (χ0v) is 73.6. The molecule has 28 N–H and O–H groups in total. The fourth-order valence-corrected chi connectivity index (χ4v) is 14.0. The van der Waals surface area contributed by atoms with Crippen LogP contribution in [-0.4, -0.2) is 301 Å². The highest BCUT2D eigenvalue weighted by Gasteiger charge is 2.43. The monoisotopic (exact) mass is 1910 g/mol. The molecule has 0 bridgehead atoms. The van der Waals surface area contributed by atoms with Gasteiger partial charge in [0.2, 0.25) is 88.6 Å². The lowest BCUT2D eigenvalue weighted by atomic mass is 9.99. The highest BCUT2D eigenvalue weighted by molar-refractivity contribution is 6.02. The molecule has 3 aromatic carbocycles. The summed E-state index contributed by atoms with van der Waals surface area (Å²) in [6, 6.07) is -6.68. The van der Waals surface area contributed by atoms with Crippen LogP contribution < -0.4 is 80.6 Å². The number of nitrogens with two attached hydrogens (primary N) is 2. The first-order chi connectivity index (χ1) is 64.1. The molecule has 740 valence electrons. The molecular weight excluding hydrogens is 1800 g/mol. The fourth-order valence-electron chi connectivity index (χ4n) is 14.0. The number of primary amides is 1. The molecule has 0 radical (unpaired) electrons. The number of phenolic OH excluding ortho intramolecular Hbond substituents is 1. The van der Waals surface area contributed by atoms with Gasteiger partial charge in [-0.1, -0.05) is 74.5 Å². The molecule has 15 amide bonds. The molecule has 136 heavy (non-hydrogen) atoms. The fraction of sp³-hybridized carbons (Fsp3) is 0.482. The Bertz CT molecular complexity index is 5030. The molecule has 14 atom stereocenters. The van der Waals surface area contributed by atoms with Crippen LogP contribution >= 0.6 is 0 Å². The van der Waals surface area contributed by atoms with Crippen LogP contribution in [0.25, 0.3) is 10.9 Å². The molecule has 0 spiro atoms. The Labute approximate surface area is 773 Å². The van der Waals surface area contributed by atoms with Crippen molar-refractivity contribution in [3.63, 3.8) is 0 Å². The molecule has 4 aromatic rings. The average Bonchev–Trinajstić information content (AvgIpc) is 1.65. The summed E-state index contributed by atoms with van der Waals surface area (Å²) in [5.41, 5.74) is 12.5. The van der Waals surface area contributed by atoms with E-state index >= 15 is 0 Å². The number of nitrogens with zero attached hydrogens (tertiary/aromatic N) is 1. The van der Waals surface area contributed by atoms with Gasteiger partial charge in [-0.05, 0) is 105 Å². The zero-order valence-electron chi connectivity index (χ0n) is 73.6. The number of likely N-dealkylation sites (tertiary alicyclic amines) is 1. The van der Waals surface area contributed by atoms with Gasteiger partial charge in [0.1, 0.15) is 84.3 Å². The van der Waals surface area contributed by atoms with Crippen molar-refractivity contribution < 1.29 is 166 Å². The summed E-state index contributed by atoms with van der Waals surface area (Å²) in [6.45, 7) is 1.75. The second-order valence-electron chi connectivity index (χ2n) is 32.2. The zero-order chi connectivity index (χ0) is 101. The number of para-hydroxylation sites is 1.